The zero-order valence-electron chi connectivity index (χ0n) is 16.6. The highest BCUT2D eigenvalue weighted by atomic mass is 16.5. The smallest absolute Gasteiger partial charge is 0.319 e. The topological polar surface area (TPSA) is 58.5 Å². The Morgan fingerprint density at radius 2 is 1.82 bits per heavy atom. The van der Waals surface area contributed by atoms with Crippen LogP contribution in [0.4, 0.5) is 10.5 Å². The number of hydrogen-bond donors (Lipinski definition) is 2. The van der Waals surface area contributed by atoms with Gasteiger partial charge < -0.3 is 19.9 Å². The Balaban J connectivity index is 1.41. The van der Waals surface area contributed by atoms with E-state index in [1.54, 1.807) is 0 Å². The standard InChI is InChI=1S/C22H30N4O2/c1-18-19(7-6-8-20(18)25-11-4-5-12-25)24-21(27)23-17-22(9-2-3-10-22)26-13-15-28-16-14-26/h4-8,11-12H,2-3,9-10,13-17H2,1H3,(H2,23,24,27). The molecular formula is C22H30N4O2. The maximum Gasteiger partial charge on any atom is 0.319 e. The summed E-state index contributed by atoms with van der Waals surface area (Å²) in [5.41, 5.74) is 3.06. The second-order valence-electron chi connectivity index (χ2n) is 7.88. The number of nitrogens with zero attached hydrogens (tertiary/aromatic N) is 2. The summed E-state index contributed by atoms with van der Waals surface area (Å²) < 4.78 is 7.58. The van der Waals surface area contributed by atoms with Crippen LogP contribution < -0.4 is 10.6 Å². The molecule has 0 bridgehead atoms. The van der Waals surface area contributed by atoms with Gasteiger partial charge in [-0.1, -0.05) is 18.9 Å². The Morgan fingerprint density at radius 3 is 2.54 bits per heavy atom. The van der Waals surface area contributed by atoms with E-state index in [1.165, 1.54) is 12.8 Å². The molecule has 2 heterocycles. The normalized spacial score (nSPS) is 19.5. The first-order valence-electron chi connectivity index (χ1n) is 10.3. The SMILES string of the molecule is Cc1c(NC(=O)NCC2(N3CCOCC3)CCCC2)cccc1-n1cccc1. The van der Waals surface area contributed by atoms with Gasteiger partial charge >= 0.3 is 6.03 Å². The van der Waals surface area contributed by atoms with Crippen LogP contribution in [0.15, 0.2) is 42.7 Å². The summed E-state index contributed by atoms with van der Waals surface area (Å²) in [4.78, 5) is 15.2. The second-order valence-corrected chi connectivity index (χ2v) is 7.88. The minimum absolute atomic E-state index is 0.0865. The van der Waals surface area contributed by atoms with E-state index in [4.69, 9.17) is 4.74 Å². The Labute approximate surface area is 166 Å². The van der Waals surface area contributed by atoms with E-state index in [0.717, 1.165) is 56.1 Å². The number of carbonyl (C=O) groups excluding carboxylic acids is 1. The summed E-state index contributed by atoms with van der Waals surface area (Å²) in [7, 11) is 0. The molecular weight excluding hydrogens is 352 g/mol. The van der Waals surface area contributed by atoms with Gasteiger partial charge in [0.05, 0.1) is 13.2 Å². The van der Waals surface area contributed by atoms with Crippen LogP contribution in [0.1, 0.15) is 31.2 Å². The van der Waals surface area contributed by atoms with Gasteiger partial charge in [0.15, 0.2) is 0 Å². The lowest BCUT2D eigenvalue weighted by Gasteiger charge is -2.43. The van der Waals surface area contributed by atoms with Gasteiger partial charge in [0, 0.05) is 48.9 Å². The molecule has 4 rings (SSSR count). The Bertz CT molecular complexity index is 791. The summed E-state index contributed by atoms with van der Waals surface area (Å²) in [6, 6.07) is 9.86. The molecule has 0 radical (unpaired) electrons. The largest absolute Gasteiger partial charge is 0.379 e. The molecule has 1 aromatic heterocycles. The first kappa shape index (κ1) is 19.0. The lowest BCUT2D eigenvalue weighted by Crippen LogP contribution is -2.57. The van der Waals surface area contributed by atoms with E-state index in [0.29, 0.717) is 6.54 Å². The van der Waals surface area contributed by atoms with E-state index in [-0.39, 0.29) is 11.6 Å². The first-order valence-corrected chi connectivity index (χ1v) is 10.3. The molecule has 1 aliphatic carbocycles. The highest BCUT2D eigenvalue weighted by Gasteiger charge is 2.40. The molecule has 0 atom stereocenters. The molecule has 1 saturated heterocycles. The molecule has 2 N–H and O–H groups in total. The second kappa shape index (κ2) is 8.37. The summed E-state index contributed by atoms with van der Waals surface area (Å²) in [6.45, 7) is 6.23. The number of carbonyl (C=O) groups is 1. The molecule has 2 fully saturated rings. The van der Waals surface area contributed by atoms with Crippen molar-refractivity contribution in [2.45, 2.75) is 38.1 Å². The number of morpholine rings is 1. The maximum atomic E-state index is 12.7. The fraction of sp³-hybridized carbons (Fsp3) is 0.500. The number of rotatable bonds is 5. The molecule has 2 aliphatic rings. The number of benzene rings is 1. The first-order chi connectivity index (χ1) is 13.7. The van der Waals surface area contributed by atoms with Crippen molar-refractivity contribution in [3.63, 3.8) is 0 Å². The predicted molar refractivity (Wildman–Crippen MR) is 111 cm³/mol. The maximum absolute atomic E-state index is 12.7. The van der Waals surface area contributed by atoms with Crippen LogP contribution in [-0.2, 0) is 4.74 Å². The number of urea groups is 1. The van der Waals surface area contributed by atoms with Gasteiger partial charge in [-0.05, 0) is 49.6 Å². The quantitative estimate of drug-likeness (QED) is 0.831. The number of anilines is 1. The third kappa shape index (κ3) is 3.93. The van der Waals surface area contributed by atoms with Gasteiger partial charge in [-0.15, -0.1) is 0 Å². The Kier molecular flexibility index (Phi) is 5.69. The predicted octanol–water partition coefficient (Wildman–Crippen LogP) is 3.55. The third-order valence-corrected chi connectivity index (χ3v) is 6.23. The average molecular weight is 383 g/mol. The number of hydrogen-bond acceptors (Lipinski definition) is 3. The van der Waals surface area contributed by atoms with Crippen molar-refractivity contribution in [1.82, 2.24) is 14.8 Å². The van der Waals surface area contributed by atoms with Gasteiger partial charge in [-0.25, -0.2) is 4.79 Å². The number of ether oxygens (including phenoxy) is 1. The average Bonchev–Trinajstić information content (AvgIpc) is 3.42. The Morgan fingerprint density at radius 1 is 1.11 bits per heavy atom. The van der Waals surface area contributed by atoms with Crippen LogP contribution >= 0.6 is 0 Å². The van der Waals surface area contributed by atoms with Crippen LogP contribution in [0.2, 0.25) is 0 Å². The van der Waals surface area contributed by atoms with Crippen molar-refractivity contribution < 1.29 is 9.53 Å². The van der Waals surface area contributed by atoms with E-state index in [2.05, 4.69) is 26.2 Å². The molecule has 0 spiro atoms. The molecule has 1 saturated carbocycles. The third-order valence-electron chi connectivity index (χ3n) is 6.23. The number of amides is 2. The molecule has 28 heavy (non-hydrogen) atoms. The summed E-state index contributed by atoms with van der Waals surface area (Å²) in [5.74, 6) is 0. The fourth-order valence-corrected chi connectivity index (χ4v) is 4.62. The minimum Gasteiger partial charge on any atom is -0.379 e. The molecule has 150 valence electrons. The monoisotopic (exact) mass is 382 g/mol. The molecule has 1 aliphatic heterocycles. The van der Waals surface area contributed by atoms with Crippen molar-refractivity contribution in [3.05, 3.63) is 48.3 Å². The van der Waals surface area contributed by atoms with E-state index in [9.17, 15) is 4.79 Å². The van der Waals surface area contributed by atoms with Crippen molar-refractivity contribution >= 4 is 11.7 Å². The number of aromatic nitrogens is 1. The van der Waals surface area contributed by atoms with Crippen molar-refractivity contribution in [3.8, 4) is 5.69 Å². The number of nitrogens with one attached hydrogen (secondary N) is 2. The molecule has 6 heteroatoms. The van der Waals surface area contributed by atoms with Crippen molar-refractivity contribution in [2.24, 2.45) is 0 Å². The minimum atomic E-state index is -0.132. The van der Waals surface area contributed by atoms with Crippen LogP contribution in [-0.4, -0.2) is 53.9 Å². The lowest BCUT2D eigenvalue weighted by molar-refractivity contribution is -0.0193. The lowest BCUT2D eigenvalue weighted by atomic mass is 9.94. The van der Waals surface area contributed by atoms with Crippen LogP contribution in [0, 0.1) is 6.92 Å². The fourth-order valence-electron chi connectivity index (χ4n) is 4.62. The highest BCUT2D eigenvalue weighted by Crippen LogP contribution is 2.35. The van der Waals surface area contributed by atoms with Crippen LogP contribution in [0.5, 0.6) is 0 Å². The van der Waals surface area contributed by atoms with E-state index >= 15 is 0 Å². The van der Waals surface area contributed by atoms with Crippen molar-refractivity contribution in [2.75, 3.05) is 38.2 Å². The zero-order chi connectivity index (χ0) is 19.4. The van der Waals surface area contributed by atoms with E-state index < -0.39 is 0 Å². The van der Waals surface area contributed by atoms with E-state index in [1.807, 2.05) is 43.6 Å². The molecule has 1 aromatic carbocycles. The summed E-state index contributed by atoms with van der Waals surface area (Å²) in [6.07, 6.45) is 8.79. The Hall–Kier alpha value is -2.31. The van der Waals surface area contributed by atoms with Gasteiger partial charge in [0.1, 0.15) is 0 Å². The van der Waals surface area contributed by atoms with Gasteiger partial charge in [-0.2, -0.15) is 0 Å². The summed E-state index contributed by atoms with van der Waals surface area (Å²) in [5, 5.41) is 6.20. The molecule has 6 nitrogen and oxygen atoms in total. The highest BCUT2D eigenvalue weighted by molar-refractivity contribution is 5.90. The van der Waals surface area contributed by atoms with Crippen molar-refractivity contribution in [1.29, 1.82) is 0 Å². The zero-order valence-corrected chi connectivity index (χ0v) is 16.6. The van der Waals surface area contributed by atoms with Gasteiger partial charge in [0.25, 0.3) is 0 Å². The van der Waals surface area contributed by atoms with Gasteiger partial charge in [0.2, 0.25) is 0 Å². The van der Waals surface area contributed by atoms with Crippen LogP contribution in [0.3, 0.4) is 0 Å². The molecule has 2 aromatic rings. The van der Waals surface area contributed by atoms with Crippen LogP contribution in [0.25, 0.3) is 5.69 Å². The molecule has 0 unspecified atom stereocenters. The van der Waals surface area contributed by atoms with Gasteiger partial charge in [-0.3, -0.25) is 4.90 Å². The summed E-state index contributed by atoms with van der Waals surface area (Å²) >= 11 is 0. The molecule has 2 amide bonds.